The second kappa shape index (κ2) is 5.35. The van der Waals surface area contributed by atoms with Crippen LogP contribution in [-0.4, -0.2) is 18.2 Å². The third-order valence-electron chi connectivity index (χ3n) is 3.03. The van der Waals surface area contributed by atoms with Crippen LogP contribution >= 0.6 is 0 Å². The minimum absolute atomic E-state index is 0.338. The number of hydrogen-bond donors (Lipinski definition) is 1. The third kappa shape index (κ3) is 2.99. The van der Waals surface area contributed by atoms with Gasteiger partial charge in [0.15, 0.2) is 0 Å². The van der Waals surface area contributed by atoms with Crippen LogP contribution in [0.15, 0.2) is 30.3 Å². The molecule has 0 bridgehead atoms. The average molecular weight is 219 g/mol. The van der Waals surface area contributed by atoms with Crippen LogP contribution in [0.25, 0.3) is 0 Å². The molecule has 2 nitrogen and oxygen atoms in total. The van der Waals surface area contributed by atoms with E-state index in [1.165, 1.54) is 19.3 Å². The molecule has 88 valence electrons. The predicted octanol–water partition coefficient (Wildman–Crippen LogP) is 2.98. The first kappa shape index (κ1) is 11.5. The fourth-order valence-corrected chi connectivity index (χ4v) is 2.36. The van der Waals surface area contributed by atoms with E-state index in [9.17, 15) is 0 Å². The molecule has 1 aliphatic carbocycles. The van der Waals surface area contributed by atoms with Crippen LogP contribution in [0.4, 0.5) is 0 Å². The van der Waals surface area contributed by atoms with Crippen molar-refractivity contribution < 1.29 is 4.74 Å². The molecule has 1 aromatic carbocycles. The van der Waals surface area contributed by atoms with Gasteiger partial charge in [0.1, 0.15) is 11.9 Å². The summed E-state index contributed by atoms with van der Waals surface area (Å²) in [4.78, 5) is 0. The maximum atomic E-state index is 6.03. The van der Waals surface area contributed by atoms with Gasteiger partial charge < -0.3 is 10.1 Å². The van der Waals surface area contributed by atoms with E-state index in [0.717, 1.165) is 5.75 Å². The zero-order valence-electron chi connectivity index (χ0n) is 10.1. The van der Waals surface area contributed by atoms with Gasteiger partial charge in [0.25, 0.3) is 0 Å². The quantitative estimate of drug-likeness (QED) is 0.840. The Bertz CT molecular complexity index is 310. The first-order valence-corrected chi connectivity index (χ1v) is 6.23. The Morgan fingerprint density at radius 2 is 1.94 bits per heavy atom. The monoisotopic (exact) mass is 219 g/mol. The van der Waals surface area contributed by atoms with Gasteiger partial charge in [-0.15, -0.1) is 0 Å². The van der Waals surface area contributed by atoms with Gasteiger partial charge in [-0.2, -0.15) is 0 Å². The second-order valence-electron chi connectivity index (χ2n) is 4.83. The van der Waals surface area contributed by atoms with Gasteiger partial charge in [-0.3, -0.25) is 0 Å². The van der Waals surface area contributed by atoms with Crippen LogP contribution in [0, 0.1) is 0 Å². The molecule has 0 aliphatic heterocycles. The fraction of sp³-hybridized carbons (Fsp3) is 0.571. The summed E-state index contributed by atoms with van der Waals surface area (Å²) in [5, 5.41) is 3.59. The molecule has 16 heavy (non-hydrogen) atoms. The van der Waals surface area contributed by atoms with Gasteiger partial charge in [-0.25, -0.2) is 0 Å². The number of benzene rings is 1. The van der Waals surface area contributed by atoms with E-state index >= 15 is 0 Å². The molecule has 2 unspecified atom stereocenters. The lowest BCUT2D eigenvalue weighted by molar-refractivity contribution is 0.170. The van der Waals surface area contributed by atoms with Gasteiger partial charge in [0.05, 0.1) is 0 Å². The van der Waals surface area contributed by atoms with Crippen LogP contribution < -0.4 is 10.1 Å². The lowest BCUT2D eigenvalue weighted by atomic mass is 10.2. The van der Waals surface area contributed by atoms with Crippen LogP contribution in [-0.2, 0) is 0 Å². The largest absolute Gasteiger partial charge is 0.489 e. The Morgan fingerprint density at radius 1 is 1.19 bits per heavy atom. The summed E-state index contributed by atoms with van der Waals surface area (Å²) in [5.74, 6) is 0.991. The average Bonchev–Trinajstić information content (AvgIpc) is 2.66. The normalized spacial score (nSPS) is 24.9. The minimum Gasteiger partial charge on any atom is -0.489 e. The molecule has 0 radical (unpaired) electrons. The Hall–Kier alpha value is -1.02. The van der Waals surface area contributed by atoms with Crippen molar-refractivity contribution in [2.45, 2.75) is 51.3 Å². The summed E-state index contributed by atoms with van der Waals surface area (Å²) in [7, 11) is 0. The summed E-state index contributed by atoms with van der Waals surface area (Å²) in [5.41, 5.74) is 0. The Kier molecular flexibility index (Phi) is 3.83. The lowest BCUT2D eigenvalue weighted by Crippen LogP contribution is -2.42. The Labute approximate surface area is 98.0 Å². The molecular weight excluding hydrogens is 198 g/mol. The zero-order valence-corrected chi connectivity index (χ0v) is 10.1. The van der Waals surface area contributed by atoms with Gasteiger partial charge in [0.2, 0.25) is 0 Å². The molecule has 0 heterocycles. The van der Waals surface area contributed by atoms with E-state index in [1.807, 2.05) is 30.3 Å². The molecule has 2 heteroatoms. The Balaban J connectivity index is 1.93. The highest BCUT2D eigenvalue weighted by molar-refractivity contribution is 5.21. The number of para-hydroxylation sites is 1. The van der Waals surface area contributed by atoms with Gasteiger partial charge in [0, 0.05) is 12.1 Å². The van der Waals surface area contributed by atoms with Crippen LogP contribution in [0.2, 0.25) is 0 Å². The van der Waals surface area contributed by atoms with Crippen molar-refractivity contribution in [3.63, 3.8) is 0 Å². The van der Waals surface area contributed by atoms with E-state index in [1.54, 1.807) is 0 Å². The summed E-state index contributed by atoms with van der Waals surface area (Å²) < 4.78 is 6.03. The SMILES string of the molecule is CC(C)NC1CCCC1Oc1ccccc1. The van der Waals surface area contributed by atoms with E-state index in [2.05, 4.69) is 19.2 Å². The molecule has 0 amide bonds. The maximum absolute atomic E-state index is 6.03. The molecular formula is C14H21NO. The van der Waals surface area contributed by atoms with Crippen molar-refractivity contribution in [2.75, 3.05) is 0 Å². The van der Waals surface area contributed by atoms with Crippen LogP contribution in [0.5, 0.6) is 5.75 Å². The van der Waals surface area contributed by atoms with Crippen molar-refractivity contribution in [1.29, 1.82) is 0 Å². The smallest absolute Gasteiger partial charge is 0.119 e. The van der Waals surface area contributed by atoms with Gasteiger partial charge in [-0.1, -0.05) is 32.0 Å². The number of hydrogen-bond acceptors (Lipinski definition) is 2. The third-order valence-corrected chi connectivity index (χ3v) is 3.03. The molecule has 2 atom stereocenters. The van der Waals surface area contributed by atoms with Crippen molar-refractivity contribution in [1.82, 2.24) is 5.32 Å². The molecule has 1 aliphatic rings. The van der Waals surface area contributed by atoms with Crippen molar-refractivity contribution >= 4 is 0 Å². The summed E-state index contributed by atoms with van der Waals surface area (Å²) >= 11 is 0. The van der Waals surface area contributed by atoms with Gasteiger partial charge in [-0.05, 0) is 31.4 Å². The van der Waals surface area contributed by atoms with Crippen LogP contribution in [0.3, 0.4) is 0 Å². The van der Waals surface area contributed by atoms with Crippen molar-refractivity contribution in [3.8, 4) is 5.75 Å². The first-order valence-electron chi connectivity index (χ1n) is 6.23. The first-order chi connectivity index (χ1) is 7.75. The molecule has 1 saturated carbocycles. The molecule has 0 spiro atoms. The molecule has 1 N–H and O–H groups in total. The van der Waals surface area contributed by atoms with Crippen LogP contribution in [0.1, 0.15) is 33.1 Å². The second-order valence-corrected chi connectivity index (χ2v) is 4.83. The highest BCUT2D eigenvalue weighted by Crippen LogP contribution is 2.24. The summed E-state index contributed by atoms with van der Waals surface area (Å²) in [6.45, 7) is 4.38. The number of nitrogens with one attached hydrogen (secondary N) is 1. The highest BCUT2D eigenvalue weighted by Gasteiger charge is 2.28. The minimum atomic E-state index is 0.338. The van der Waals surface area contributed by atoms with E-state index in [4.69, 9.17) is 4.74 Å². The molecule has 1 aromatic rings. The standard InChI is InChI=1S/C14H21NO/c1-11(2)15-13-9-6-10-14(13)16-12-7-4-3-5-8-12/h3-5,7-8,11,13-15H,6,9-10H2,1-2H3. The molecule has 1 fully saturated rings. The number of ether oxygens (including phenoxy) is 1. The van der Waals surface area contributed by atoms with E-state index < -0.39 is 0 Å². The fourth-order valence-electron chi connectivity index (χ4n) is 2.36. The van der Waals surface area contributed by atoms with E-state index in [0.29, 0.717) is 18.2 Å². The zero-order chi connectivity index (χ0) is 11.4. The van der Waals surface area contributed by atoms with Crippen molar-refractivity contribution in [2.24, 2.45) is 0 Å². The Morgan fingerprint density at radius 3 is 2.62 bits per heavy atom. The lowest BCUT2D eigenvalue weighted by Gasteiger charge is -2.24. The predicted molar refractivity (Wildman–Crippen MR) is 66.8 cm³/mol. The maximum Gasteiger partial charge on any atom is 0.119 e. The molecule has 0 aromatic heterocycles. The van der Waals surface area contributed by atoms with E-state index in [-0.39, 0.29) is 0 Å². The number of rotatable bonds is 4. The molecule has 0 saturated heterocycles. The highest BCUT2D eigenvalue weighted by atomic mass is 16.5. The topological polar surface area (TPSA) is 21.3 Å². The summed E-state index contributed by atoms with van der Waals surface area (Å²) in [6, 6.07) is 11.2. The van der Waals surface area contributed by atoms with Crippen molar-refractivity contribution in [3.05, 3.63) is 30.3 Å². The van der Waals surface area contributed by atoms with Gasteiger partial charge >= 0.3 is 0 Å². The summed E-state index contributed by atoms with van der Waals surface area (Å²) in [6.07, 6.45) is 4.00. The molecule has 2 rings (SSSR count).